The fourth-order valence-electron chi connectivity index (χ4n) is 1.25. The Hall–Kier alpha value is -0.499. The van der Waals surface area contributed by atoms with Crippen molar-refractivity contribution in [3.05, 3.63) is 122 Å². The van der Waals surface area contributed by atoms with E-state index in [0.29, 0.717) is 23.5 Å². The predicted molar refractivity (Wildman–Crippen MR) is 140 cm³/mol. The second kappa shape index (κ2) is 46.9. The van der Waals surface area contributed by atoms with Crippen molar-refractivity contribution in [1.29, 1.82) is 0 Å². The van der Waals surface area contributed by atoms with Crippen LogP contribution in [-0.4, -0.2) is 43.5 Å². The summed E-state index contributed by atoms with van der Waals surface area (Å²) in [7, 11) is -9.89. The number of alkyl halides is 4. The molecule has 4 aromatic heterocycles. The minimum Gasteiger partial charge on any atom is -0.265 e. The number of aromatic nitrogens is 4. The zero-order valence-corrected chi connectivity index (χ0v) is 29.8. The Morgan fingerprint density at radius 3 is 0.455 bits per heavy atom. The van der Waals surface area contributed by atoms with Gasteiger partial charge in [-0.05, 0) is 48.5 Å². The summed E-state index contributed by atoms with van der Waals surface area (Å²) >= 11 is 20.2. The van der Waals surface area contributed by atoms with Gasteiger partial charge in [0.05, 0.1) is 0 Å². The summed E-state index contributed by atoms with van der Waals surface area (Å²) in [5.74, 6) is 2.23. The van der Waals surface area contributed by atoms with Gasteiger partial charge >= 0.3 is 44.8 Å². The van der Waals surface area contributed by atoms with Gasteiger partial charge in [0.1, 0.15) is 0 Å². The van der Waals surface area contributed by atoms with E-state index >= 15 is 0 Å². The normalized spacial score (nSPS) is 8.45. The van der Waals surface area contributed by atoms with E-state index in [1.54, 1.807) is 49.6 Å². The molecule has 4 aromatic rings. The molecule has 0 amide bonds. The zero-order chi connectivity index (χ0) is 32.8. The van der Waals surface area contributed by atoms with Gasteiger partial charge in [-0.3, -0.25) is 19.9 Å². The SMILES string of the molecule is ClCCCl.ClCCCl.[Ag+].[Ag+].[O-][Cl+3]([O-])([O-])[O-].[O-][Cl+3]([O-])([O-])[O-].c1ccncc1.c1ccncc1.c1ccncc1.c1ccncc1. The molecule has 0 aliphatic carbocycles. The third-order valence-electron chi connectivity index (χ3n) is 2.41. The summed E-state index contributed by atoms with van der Waals surface area (Å²) in [6, 6.07) is 22.9. The number of halogens is 6. The van der Waals surface area contributed by atoms with Gasteiger partial charge in [0.25, 0.3) is 0 Å². The molecule has 0 saturated carbocycles. The Bertz CT molecular complexity index is 686. The third-order valence-corrected chi connectivity index (χ3v) is 3.55. The summed E-state index contributed by atoms with van der Waals surface area (Å²) in [5.41, 5.74) is 0. The molecule has 4 heterocycles. The second-order valence-electron chi connectivity index (χ2n) is 5.61. The van der Waals surface area contributed by atoms with Crippen molar-refractivity contribution in [3.63, 3.8) is 0 Å². The van der Waals surface area contributed by atoms with Crippen LogP contribution < -0.4 is 37.3 Å². The summed E-state index contributed by atoms with van der Waals surface area (Å²) in [6.07, 6.45) is 14.0. The first kappa shape index (κ1) is 55.9. The van der Waals surface area contributed by atoms with Crippen LogP contribution in [0, 0.1) is 20.5 Å². The first-order valence-electron chi connectivity index (χ1n) is 10.7. The van der Waals surface area contributed by atoms with Gasteiger partial charge in [-0.2, -0.15) is 0 Å². The van der Waals surface area contributed by atoms with Crippen molar-refractivity contribution in [1.82, 2.24) is 19.9 Å². The second-order valence-corrected chi connectivity index (χ2v) is 8.63. The van der Waals surface area contributed by atoms with Crippen molar-refractivity contribution in [3.8, 4) is 0 Å². The van der Waals surface area contributed by atoms with Gasteiger partial charge in [0.2, 0.25) is 0 Å². The van der Waals surface area contributed by atoms with Crippen molar-refractivity contribution in [2.75, 3.05) is 23.5 Å². The van der Waals surface area contributed by atoms with Gasteiger partial charge in [-0.15, -0.1) is 66.9 Å². The molecule has 4 rings (SSSR count). The van der Waals surface area contributed by atoms with E-state index in [0.717, 1.165) is 0 Å². The molecule has 0 fully saturated rings. The largest absolute Gasteiger partial charge is 1.00 e. The fraction of sp³-hybridized carbons (Fsp3) is 0.167. The van der Waals surface area contributed by atoms with Crippen LogP contribution >= 0.6 is 46.4 Å². The third kappa shape index (κ3) is 105. The summed E-state index contributed by atoms with van der Waals surface area (Å²) in [5, 5.41) is 0. The van der Waals surface area contributed by atoms with E-state index in [1.807, 2.05) is 72.8 Å². The Balaban J connectivity index is -0.0000000937. The van der Waals surface area contributed by atoms with E-state index in [4.69, 9.17) is 83.7 Å². The molecule has 0 unspecified atom stereocenters. The molecule has 0 aliphatic heterocycles. The number of hydrogen-bond donors (Lipinski definition) is 0. The topological polar surface area (TPSA) is 236 Å². The Labute approximate surface area is 312 Å². The molecule has 256 valence electrons. The van der Waals surface area contributed by atoms with Crippen molar-refractivity contribution in [2.45, 2.75) is 0 Å². The zero-order valence-electron chi connectivity index (χ0n) is 22.3. The summed E-state index contributed by atoms with van der Waals surface area (Å²) < 4.78 is 67.9. The maximum atomic E-state index is 8.49. The van der Waals surface area contributed by atoms with Crippen LogP contribution in [-0.2, 0) is 44.8 Å². The summed E-state index contributed by atoms with van der Waals surface area (Å²) in [4.78, 5) is 15.1. The molecule has 0 saturated heterocycles. The molecular formula is C24H28Ag2Cl6N4O8. The number of rotatable bonds is 2. The van der Waals surface area contributed by atoms with E-state index in [2.05, 4.69) is 19.9 Å². The molecule has 0 aliphatic rings. The first-order valence-corrected chi connectivity index (χ1v) is 15.3. The van der Waals surface area contributed by atoms with E-state index < -0.39 is 20.5 Å². The van der Waals surface area contributed by atoms with Crippen LogP contribution in [0.4, 0.5) is 0 Å². The fourth-order valence-corrected chi connectivity index (χ4v) is 1.25. The van der Waals surface area contributed by atoms with Gasteiger partial charge in [0, 0.05) is 73.1 Å². The predicted octanol–water partition coefficient (Wildman–Crippen LogP) is -2.26. The molecule has 44 heavy (non-hydrogen) atoms. The minimum absolute atomic E-state index is 0. The standard InChI is InChI=1S/4C5H5N.2C2H4Cl2.2Ag.2ClHO4/c4*1-2-4-6-5-3-1;2*3-1-2-4;;;2*2-1(3,4)5/h4*1-5H;2*1-2H2;;;2*(H,2,3,4,5)/q;;;;;;2*+1;;/p-2. The van der Waals surface area contributed by atoms with Crippen LogP contribution in [0.2, 0.25) is 0 Å². The maximum absolute atomic E-state index is 8.49. The molecule has 0 radical (unpaired) electrons. The first-order chi connectivity index (χ1) is 19.8. The molecular weight excluding hydrogens is 901 g/mol. The Morgan fingerprint density at radius 1 is 0.318 bits per heavy atom. The van der Waals surface area contributed by atoms with Crippen LogP contribution in [0.15, 0.2) is 122 Å². The molecule has 20 heteroatoms. The van der Waals surface area contributed by atoms with Gasteiger partial charge in [-0.1, -0.05) is 24.3 Å². The minimum atomic E-state index is -4.94. The van der Waals surface area contributed by atoms with Crippen molar-refractivity contribution < 1.29 is 103 Å². The maximum Gasteiger partial charge on any atom is 1.00 e. The number of hydrogen-bond acceptors (Lipinski definition) is 12. The molecule has 0 bridgehead atoms. The van der Waals surface area contributed by atoms with Crippen LogP contribution in [0.3, 0.4) is 0 Å². The molecule has 0 atom stereocenters. The summed E-state index contributed by atoms with van der Waals surface area (Å²) in [6.45, 7) is 0. The van der Waals surface area contributed by atoms with Crippen molar-refractivity contribution >= 4 is 46.4 Å². The smallest absolute Gasteiger partial charge is 0.265 e. The average molecular weight is 929 g/mol. The van der Waals surface area contributed by atoms with Gasteiger partial charge in [-0.25, -0.2) is 37.3 Å². The van der Waals surface area contributed by atoms with Crippen LogP contribution in [0.25, 0.3) is 0 Å². The van der Waals surface area contributed by atoms with Crippen LogP contribution in [0.1, 0.15) is 0 Å². The molecule has 12 nitrogen and oxygen atoms in total. The number of nitrogens with zero attached hydrogens (tertiary/aromatic N) is 4. The molecule has 0 spiro atoms. The van der Waals surface area contributed by atoms with Gasteiger partial charge < -0.3 is 0 Å². The molecule has 0 aromatic carbocycles. The quantitative estimate of drug-likeness (QED) is 0.153. The molecule has 0 N–H and O–H groups in total. The van der Waals surface area contributed by atoms with Crippen molar-refractivity contribution in [2.24, 2.45) is 0 Å². The van der Waals surface area contributed by atoms with Gasteiger partial charge in [0.15, 0.2) is 0 Å². The van der Waals surface area contributed by atoms with Crippen LogP contribution in [0.5, 0.6) is 0 Å². The number of pyridine rings is 4. The van der Waals surface area contributed by atoms with E-state index in [9.17, 15) is 0 Å². The van der Waals surface area contributed by atoms with E-state index in [-0.39, 0.29) is 44.8 Å². The Morgan fingerprint density at radius 2 is 0.432 bits per heavy atom. The Kier molecular flexibility index (Phi) is 59.6. The monoisotopic (exact) mass is 924 g/mol. The average Bonchev–Trinajstić information content (AvgIpc) is 3.00. The van der Waals surface area contributed by atoms with E-state index in [1.165, 1.54) is 0 Å².